The fraction of sp³-hybridized carbons (Fsp3) is 0.167. The maximum Gasteiger partial charge on any atom is 0.416 e. The molecule has 1 atom stereocenters. The number of nitrogens with one attached hydrogen (secondary N) is 2. The minimum atomic E-state index is -4.45. The topological polar surface area (TPSA) is 75.3 Å². The predicted molar refractivity (Wildman–Crippen MR) is 144 cm³/mol. The molecule has 0 spiro atoms. The van der Waals surface area contributed by atoms with Gasteiger partial charge in [0.1, 0.15) is 0 Å². The summed E-state index contributed by atoms with van der Waals surface area (Å²) in [6.07, 6.45) is -3.43. The minimum Gasteiger partial charge on any atom is -0.322 e. The van der Waals surface area contributed by atoms with E-state index in [0.717, 1.165) is 28.8 Å². The third-order valence-electron chi connectivity index (χ3n) is 6.79. The molecule has 0 fully saturated rings. The van der Waals surface area contributed by atoms with Crippen molar-refractivity contribution in [3.63, 3.8) is 0 Å². The third kappa shape index (κ3) is 5.74. The van der Waals surface area contributed by atoms with Gasteiger partial charge in [0.15, 0.2) is 0 Å². The number of sulfonamides is 1. The molecule has 0 heterocycles. The molecule has 0 bridgehead atoms. The number of carbonyl (C=O) groups is 1. The number of rotatable bonds is 6. The van der Waals surface area contributed by atoms with Crippen LogP contribution in [0.3, 0.4) is 0 Å². The number of carbonyl (C=O) groups excluding carboxylic acids is 1. The molecule has 4 aromatic carbocycles. The number of aryl methyl sites for hydroxylation is 1. The number of anilines is 1. The summed E-state index contributed by atoms with van der Waals surface area (Å²) in [4.78, 5) is 13.5. The largest absolute Gasteiger partial charge is 0.416 e. The molecular weight excluding hydrogens is 525 g/mol. The zero-order chi connectivity index (χ0) is 27.8. The Morgan fingerprint density at radius 3 is 2.23 bits per heavy atom. The predicted octanol–water partition coefficient (Wildman–Crippen LogP) is 6.38. The van der Waals surface area contributed by atoms with Crippen LogP contribution in [0, 0.1) is 6.92 Å². The maximum atomic E-state index is 13.3. The fourth-order valence-corrected chi connectivity index (χ4v) is 6.19. The van der Waals surface area contributed by atoms with E-state index in [1.807, 2.05) is 12.1 Å². The summed E-state index contributed by atoms with van der Waals surface area (Å²) in [6, 6.07) is 23.3. The molecule has 9 heteroatoms. The first kappa shape index (κ1) is 26.6. The van der Waals surface area contributed by atoms with Crippen LogP contribution < -0.4 is 10.0 Å². The molecule has 1 aliphatic carbocycles. The molecule has 1 aliphatic rings. The van der Waals surface area contributed by atoms with Crippen molar-refractivity contribution in [1.82, 2.24) is 4.72 Å². The molecule has 1 unspecified atom stereocenters. The molecule has 200 valence electrons. The van der Waals surface area contributed by atoms with Gasteiger partial charge in [0.2, 0.25) is 10.0 Å². The van der Waals surface area contributed by atoms with E-state index in [2.05, 4.69) is 10.0 Å². The highest BCUT2D eigenvalue weighted by atomic mass is 32.2. The number of benzene rings is 4. The zero-order valence-electron chi connectivity index (χ0n) is 20.9. The number of fused-ring (bicyclic) bond motifs is 1. The van der Waals surface area contributed by atoms with Crippen molar-refractivity contribution in [2.24, 2.45) is 0 Å². The van der Waals surface area contributed by atoms with E-state index >= 15 is 0 Å². The van der Waals surface area contributed by atoms with E-state index < -0.39 is 27.7 Å². The molecule has 0 aromatic heterocycles. The second-order valence-electron chi connectivity index (χ2n) is 9.55. The molecule has 0 radical (unpaired) electrons. The van der Waals surface area contributed by atoms with Crippen molar-refractivity contribution in [2.45, 2.75) is 36.9 Å². The molecule has 0 aliphatic heterocycles. The lowest BCUT2D eigenvalue weighted by Crippen LogP contribution is -2.35. The first-order valence-corrected chi connectivity index (χ1v) is 13.8. The van der Waals surface area contributed by atoms with Gasteiger partial charge in [0.25, 0.3) is 5.91 Å². The lowest BCUT2D eigenvalue weighted by atomic mass is 9.93. The maximum absolute atomic E-state index is 13.3. The fourth-order valence-electron chi connectivity index (χ4n) is 4.93. The molecule has 2 N–H and O–H groups in total. The summed E-state index contributed by atoms with van der Waals surface area (Å²) in [5.74, 6) is -0.395. The average molecular weight is 551 g/mol. The zero-order valence-corrected chi connectivity index (χ0v) is 21.7. The van der Waals surface area contributed by atoms with Crippen LogP contribution >= 0.6 is 0 Å². The Labute approximate surface area is 224 Å². The van der Waals surface area contributed by atoms with Crippen molar-refractivity contribution in [1.29, 1.82) is 0 Å². The van der Waals surface area contributed by atoms with Gasteiger partial charge in [-0.3, -0.25) is 4.79 Å². The van der Waals surface area contributed by atoms with Crippen molar-refractivity contribution < 1.29 is 26.4 Å². The Morgan fingerprint density at radius 1 is 0.846 bits per heavy atom. The molecule has 4 aromatic rings. The van der Waals surface area contributed by atoms with E-state index in [1.165, 1.54) is 12.1 Å². The van der Waals surface area contributed by atoms with Crippen molar-refractivity contribution in [2.75, 3.05) is 5.32 Å². The molecular formula is C30H25F3N2O3S. The first-order valence-electron chi connectivity index (χ1n) is 12.3. The minimum absolute atomic E-state index is 0.205. The standard InChI is InChI=1S/C30H25F3N2O3S/c1-19-6-5-9-27(28(19)20-10-13-23(14-11-20)30(31,32)33)29(36)34-24-15-12-21-16-25(18-22(21)17-24)35-39(37,38)26-7-3-2-4-8-26/h2-15,17,25,35H,16,18H2,1H3,(H,34,36). The first-order chi connectivity index (χ1) is 18.5. The molecule has 5 nitrogen and oxygen atoms in total. The lowest BCUT2D eigenvalue weighted by Gasteiger charge is -2.15. The SMILES string of the molecule is Cc1cccc(C(=O)Nc2ccc3c(c2)CC(NS(=O)(=O)c2ccccc2)C3)c1-c1ccc(C(F)(F)F)cc1. The Balaban J connectivity index is 1.33. The van der Waals surface area contributed by atoms with E-state index in [1.54, 1.807) is 61.5 Å². The van der Waals surface area contributed by atoms with Gasteiger partial charge in [0.05, 0.1) is 10.5 Å². The monoisotopic (exact) mass is 550 g/mol. The number of amides is 1. The van der Waals surface area contributed by atoms with Gasteiger partial charge in [0, 0.05) is 17.3 Å². The normalized spacial score (nSPS) is 15.1. The van der Waals surface area contributed by atoms with E-state index in [0.29, 0.717) is 35.2 Å². The Morgan fingerprint density at radius 2 is 1.54 bits per heavy atom. The number of hydrogen-bond acceptors (Lipinski definition) is 3. The average Bonchev–Trinajstić information content (AvgIpc) is 3.29. The Hall–Kier alpha value is -3.95. The smallest absolute Gasteiger partial charge is 0.322 e. The number of hydrogen-bond donors (Lipinski definition) is 2. The van der Waals surface area contributed by atoms with Crippen molar-refractivity contribution in [3.05, 3.63) is 119 Å². The van der Waals surface area contributed by atoms with Crippen LogP contribution in [-0.4, -0.2) is 20.4 Å². The van der Waals surface area contributed by atoms with Gasteiger partial charge in [-0.2, -0.15) is 13.2 Å². The highest BCUT2D eigenvalue weighted by Gasteiger charge is 2.30. The highest BCUT2D eigenvalue weighted by Crippen LogP contribution is 2.34. The third-order valence-corrected chi connectivity index (χ3v) is 8.33. The summed E-state index contributed by atoms with van der Waals surface area (Å²) in [5, 5.41) is 2.89. The molecule has 1 amide bonds. The van der Waals surface area contributed by atoms with Gasteiger partial charge in [-0.25, -0.2) is 13.1 Å². The quantitative estimate of drug-likeness (QED) is 0.293. The van der Waals surface area contributed by atoms with Crippen LogP contribution in [0.5, 0.6) is 0 Å². The second-order valence-corrected chi connectivity index (χ2v) is 11.3. The van der Waals surface area contributed by atoms with Crippen LogP contribution in [0.1, 0.15) is 32.6 Å². The summed E-state index contributed by atoms with van der Waals surface area (Å²) >= 11 is 0. The van der Waals surface area contributed by atoms with Gasteiger partial charge < -0.3 is 5.32 Å². The number of halogens is 3. The van der Waals surface area contributed by atoms with Crippen molar-refractivity contribution in [3.8, 4) is 11.1 Å². The van der Waals surface area contributed by atoms with Gasteiger partial charge in [-0.15, -0.1) is 0 Å². The van der Waals surface area contributed by atoms with Crippen molar-refractivity contribution >= 4 is 21.6 Å². The molecule has 5 rings (SSSR count). The summed E-state index contributed by atoms with van der Waals surface area (Å²) in [7, 11) is -3.65. The Bertz CT molecular complexity index is 1630. The molecule has 0 saturated carbocycles. The molecule has 39 heavy (non-hydrogen) atoms. The van der Waals surface area contributed by atoms with Crippen LogP contribution in [0.2, 0.25) is 0 Å². The summed E-state index contributed by atoms with van der Waals surface area (Å²) in [6.45, 7) is 1.80. The van der Waals surface area contributed by atoms with Crippen LogP contribution in [0.25, 0.3) is 11.1 Å². The van der Waals surface area contributed by atoms with Crippen LogP contribution in [0.4, 0.5) is 18.9 Å². The van der Waals surface area contributed by atoms with Gasteiger partial charge in [-0.1, -0.05) is 48.5 Å². The Kier molecular flexibility index (Phi) is 7.05. The van der Waals surface area contributed by atoms with Gasteiger partial charge in [-0.05, 0) is 90.0 Å². The summed E-state index contributed by atoms with van der Waals surface area (Å²) < 4.78 is 67.3. The highest BCUT2D eigenvalue weighted by molar-refractivity contribution is 7.89. The lowest BCUT2D eigenvalue weighted by molar-refractivity contribution is -0.137. The van der Waals surface area contributed by atoms with E-state index in [-0.39, 0.29) is 10.9 Å². The van der Waals surface area contributed by atoms with Crippen LogP contribution in [0.15, 0.2) is 95.9 Å². The molecule has 0 saturated heterocycles. The summed E-state index contributed by atoms with van der Waals surface area (Å²) in [5.41, 5.74) is 3.87. The second kappa shape index (κ2) is 10.3. The van der Waals surface area contributed by atoms with Gasteiger partial charge >= 0.3 is 6.18 Å². The van der Waals surface area contributed by atoms with E-state index in [4.69, 9.17) is 0 Å². The van der Waals surface area contributed by atoms with E-state index in [9.17, 15) is 26.4 Å². The number of alkyl halides is 3. The van der Waals surface area contributed by atoms with Crippen LogP contribution in [-0.2, 0) is 29.0 Å².